The summed E-state index contributed by atoms with van der Waals surface area (Å²) < 4.78 is 15.8. The maximum absolute atomic E-state index is 12.4. The lowest BCUT2D eigenvalue weighted by Crippen LogP contribution is -2.31. The molecule has 0 unspecified atom stereocenters. The van der Waals surface area contributed by atoms with Crippen LogP contribution in [0.25, 0.3) is 0 Å². The molecule has 28 heavy (non-hydrogen) atoms. The fourth-order valence-electron chi connectivity index (χ4n) is 3.19. The Labute approximate surface area is 166 Å². The van der Waals surface area contributed by atoms with Crippen LogP contribution in [0.3, 0.4) is 0 Å². The summed E-state index contributed by atoms with van der Waals surface area (Å²) in [5.41, 5.74) is 1.81. The molecule has 0 spiro atoms. The van der Waals surface area contributed by atoms with Gasteiger partial charge < -0.3 is 24.8 Å². The summed E-state index contributed by atoms with van der Waals surface area (Å²) in [5.74, 6) is 0.860. The Morgan fingerprint density at radius 1 is 0.964 bits per heavy atom. The highest BCUT2D eigenvalue weighted by molar-refractivity contribution is 5.95. The van der Waals surface area contributed by atoms with Crippen LogP contribution in [0.2, 0.25) is 0 Å². The van der Waals surface area contributed by atoms with Gasteiger partial charge in [0.25, 0.3) is 5.91 Å². The number of methoxy groups -OCH3 is 3. The van der Waals surface area contributed by atoms with Gasteiger partial charge in [0.2, 0.25) is 11.7 Å². The summed E-state index contributed by atoms with van der Waals surface area (Å²) in [7, 11) is 4.49. The highest BCUT2D eigenvalue weighted by Gasteiger charge is 2.17. The number of benzene rings is 1. The van der Waals surface area contributed by atoms with Crippen LogP contribution in [0.1, 0.15) is 48.9 Å². The molecule has 0 aliphatic heterocycles. The van der Waals surface area contributed by atoms with Gasteiger partial charge >= 0.3 is 0 Å². The summed E-state index contributed by atoms with van der Waals surface area (Å²) in [6, 6.07) is 3.16. The van der Waals surface area contributed by atoms with Crippen molar-refractivity contribution in [1.82, 2.24) is 10.6 Å². The smallest absolute Gasteiger partial charge is 0.251 e. The van der Waals surface area contributed by atoms with Crippen LogP contribution in [0.15, 0.2) is 23.8 Å². The van der Waals surface area contributed by atoms with Gasteiger partial charge in [0.1, 0.15) is 0 Å². The van der Waals surface area contributed by atoms with E-state index >= 15 is 0 Å². The third-order valence-electron chi connectivity index (χ3n) is 4.72. The van der Waals surface area contributed by atoms with Crippen LogP contribution in [0.5, 0.6) is 17.2 Å². The number of allylic oxidation sites excluding steroid dienone is 1. The molecule has 0 bridgehead atoms. The Morgan fingerprint density at radius 3 is 2.25 bits per heavy atom. The van der Waals surface area contributed by atoms with Crippen LogP contribution < -0.4 is 24.8 Å². The Kier molecular flexibility index (Phi) is 8.65. The Balaban J connectivity index is 1.78. The number of ether oxygens (including phenoxy) is 3. The van der Waals surface area contributed by atoms with E-state index in [1.165, 1.54) is 39.7 Å². The first-order valence-corrected chi connectivity index (χ1v) is 9.61. The second-order valence-corrected chi connectivity index (χ2v) is 6.63. The van der Waals surface area contributed by atoms with Crippen molar-refractivity contribution in [3.8, 4) is 17.2 Å². The van der Waals surface area contributed by atoms with E-state index in [-0.39, 0.29) is 24.8 Å². The summed E-state index contributed by atoms with van der Waals surface area (Å²) in [6.07, 6.45) is 8.22. The molecule has 2 amide bonds. The van der Waals surface area contributed by atoms with Crippen molar-refractivity contribution in [1.29, 1.82) is 0 Å². The predicted molar refractivity (Wildman–Crippen MR) is 107 cm³/mol. The van der Waals surface area contributed by atoms with E-state index in [2.05, 4.69) is 16.7 Å². The van der Waals surface area contributed by atoms with Crippen molar-refractivity contribution in [3.63, 3.8) is 0 Å². The number of hydrogen-bond acceptors (Lipinski definition) is 5. The van der Waals surface area contributed by atoms with Crippen molar-refractivity contribution < 1.29 is 23.8 Å². The van der Waals surface area contributed by atoms with Crippen LogP contribution >= 0.6 is 0 Å². The van der Waals surface area contributed by atoms with E-state index in [0.29, 0.717) is 29.4 Å². The van der Waals surface area contributed by atoms with Crippen LogP contribution in [0.4, 0.5) is 0 Å². The molecule has 1 aliphatic carbocycles. The van der Waals surface area contributed by atoms with Crippen molar-refractivity contribution in [3.05, 3.63) is 29.3 Å². The molecule has 0 saturated heterocycles. The Bertz CT molecular complexity index is 690. The van der Waals surface area contributed by atoms with E-state index in [4.69, 9.17) is 14.2 Å². The van der Waals surface area contributed by atoms with E-state index in [9.17, 15) is 9.59 Å². The first kappa shape index (κ1) is 21.6. The van der Waals surface area contributed by atoms with Gasteiger partial charge in [-0.15, -0.1) is 0 Å². The fraction of sp³-hybridized carbons (Fsp3) is 0.524. The molecule has 7 heteroatoms. The highest BCUT2D eigenvalue weighted by atomic mass is 16.5. The monoisotopic (exact) mass is 390 g/mol. The van der Waals surface area contributed by atoms with Crippen molar-refractivity contribution in [2.75, 3.05) is 34.4 Å². The number of rotatable bonds is 10. The molecule has 0 heterocycles. The van der Waals surface area contributed by atoms with E-state index < -0.39 is 0 Å². The van der Waals surface area contributed by atoms with Gasteiger partial charge in [0, 0.05) is 25.1 Å². The average Bonchev–Trinajstić information content (AvgIpc) is 2.73. The van der Waals surface area contributed by atoms with Crippen molar-refractivity contribution in [2.45, 2.75) is 38.5 Å². The first-order chi connectivity index (χ1) is 13.6. The molecule has 0 aromatic heterocycles. The minimum atomic E-state index is -0.306. The molecule has 1 aliphatic rings. The number of carbonyl (C=O) groups is 2. The quantitative estimate of drug-likeness (QED) is 0.600. The zero-order valence-electron chi connectivity index (χ0n) is 16.9. The molecule has 0 fully saturated rings. The van der Waals surface area contributed by atoms with Gasteiger partial charge in [-0.1, -0.05) is 11.6 Å². The van der Waals surface area contributed by atoms with Gasteiger partial charge in [-0.3, -0.25) is 9.59 Å². The third kappa shape index (κ3) is 6.18. The average molecular weight is 390 g/mol. The topological polar surface area (TPSA) is 85.9 Å². The second-order valence-electron chi connectivity index (χ2n) is 6.63. The fourth-order valence-corrected chi connectivity index (χ4v) is 3.19. The third-order valence-corrected chi connectivity index (χ3v) is 4.72. The summed E-state index contributed by atoms with van der Waals surface area (Å²) in [6.45, 7) is 0.898. The lowest BCUT2D eigenvalue weighted by atomic mass is 9.97. The molecular weight excluding hydrogens is 360 g/mol. The summed E-state index contributed by atoms with van der Waals surface area (Å²) in [4.78, 5) is 24.3. The number of carbonyl (C=O) groups excluding carboxylic acids is 2. The molecule has 1 aromatic rings. The number of amides is 2. The predicted octanol–water partition coefficient (Wildman–Crippen LogP) is 2.84. The first-order valence-electron chi connectivity index (χ1n) is 9.61. The maximum Gasteiger partial charge on any atom is 0.251 e. The zero-order chi connectivity index (χ0) is 20.4. The minimum Gasteiger partial charge on any atom is -0.493 e. The Morgan fingerprint density at radius 2 is 1.68 bits per heavy atom. The van der Waals surface area contributed by atoms with Crippen LogP contribution in [-0.4, -0.2) is 46.2 Å². The largest absolute Gasteiger partial charge is 0.493 e. The highest BCUT2D eigenvalue weighted by Crippen LogP contribution is 2.38. The van der Waals surface area contributed by atoms with Gasteiger partial charge in [0.15, 0.2) is 11.5 Å². The van der Waals surface area contributed by atoms with Crippen LogP contribution in [0, 0.1) is 0 Å². The molecular formula is C21H30N2O5. The molecule has 2 rings (SSSR count). The van der Waals surface area contributed by atoms with E-state index in [1.54, 1.807) is 12.1 Å². The molecule has 0 radical (unpaired) electrons. The van der Waals surface area contributed by atoms with Gasteiger partial charge in [-0.25, -0.2) is 0 Å². The standard InChI is InChI=1S/C21H30N2O5/c1-26-17-13-16(14-18(27-2)20(17)28-3)21(25)23-12-10-19(24)22-11-9-15-7-5-4-6-8-15/h7,13-14H,4-6,8-12H2,1-3H3,(H,22,24)(H,23,25). The van der Waals surface area contributed by atoms with Gasteiger partial charge in [0.05, 0.1) is 21.3 Å². The SMILES string of the molecule is COc1cc(C(=O)NCCC(=O)NCCC2=CCCCC2)cc(OC)c1OC. The Hall–Kier alpha value is -2.70. The molecule has 2 N–H and O–H groups in total. The minimum absolute atomic E-state index is 0.0680. The molecule has 7 nitrogen and oxygen atoms in total. The van der Waals surface area contributed by atoms with Gasteiger partial charge in [-0.2, -0.15) is 0 Å². The molecule has 154 valence electrons. The zero-order valence-corrected chi connectivity index (χ0v) is 16.9. The van der Waals surface area contributed by atoms with E-state index in [1.807, 2.05) is 0 Å². The number of hydrogen-bond donors (Lipinski definition) is 2. The lowest BCUT2D eigenvalue weighted by Gasteiger charge is -2.14. The molecule has 1 aromatic carbocycles. The van der Waals surface area contributed by atoms with Crippen molar-refractivity contribution in [2.24, 2.45) is 0 Å². The maximum atomic E-state index is 12.4. The van der Waals surface area contributed by atoms with Crippen LogP contribution in [-0.2, 0) is 4.79 Å². The lowest BCUT2D eigenvalue weighted by molar-refractivity contribution is -0.120. The molecule has 0 atom stereocenters. The van der Waals surface area contributed by atoms with Gasteiger partial charge in [-0.05, 0) is 44.2 Å². The molecule has 0 saturated carbocycles. The summed E-state index contributed by atoms with van der Waals surface area (Å²) in [5, 5.41) is 5.65. The van der Waals surface area contributed by atoms with E-state index in [0.717, 1.165) is 19.3 Å². The normalized spacial score (nSPS) is 13.3. The number of nitrogens with one attached hydrogen (secondary N) is 2. The van der Waals surface area contributed by atoms with Crippen molar-refractivity contribution >= 4 is 11.8 Å². The summed E-state index contributed by atoms with van der Waals surface area (Å²) >= 11 is 0. The second kappa shape index (κ2) is 11.2.